The fourth-order valence-electron chi connectivity index (χ4n) is 3.51. The lowest BCUT2D eigenvalue weighted by atomic mass is 10.0. The molecule has 2 rings (SSSR count). The van der Waals surface area contributed by atoms with Crippen molar-refractivity contribution < 1.29 is 14.3 Å². The Morgan fingerprint density at radius 2 is 1.62 bits per heavy atom. The van der Waals surface area contributed by atoms with Crippen LogP contribution in [-0.2, 0) is 16.0 Å². The number of benzene rings is 1. The van der Waals surface area contributed by atoms with Crippen molar-refractivity contribution in [2.24, 2.45) is 0 Å². The van der Waals surface area contributed by atoms with Crippen LogP contribution in [0.15, 0.2) is 30.3 Å². The first-order chi connectivity index (χ1) is 12.7. The minimum absolute atomic E-state index is 0.0867. The molecule has 1 fully saturated rings. The van der Waals surface area contributed by atoms with Gasteiger partial charge in [0.15, 0.2) is 0 Å². The highest BCUT2D eigenvalue weighted by molar-refractivity contribution is 5.93. The second-order valence-corrected chi connectivity index (χ2v) is 7.26. The average molecular weight is 360 g/mol. The van der Waals surface area contributed by atoms with Crippen LogP contribution < -0.4 is 0 Å². The maximum absolute atomic E-state index is 12.5. The summed E-state index contributed by atoms with van der Waals surface area (Å²) in [7, 11) is 0. The number of ether oxygens (including phenoxy) is 1. The Labute approximate surface area is 157 Å². The molecule has 1 aliphatic rings. The Hall–Kier alpha value is -1.84. The predicted molar refractivity (Wildman–Crippen MR) is 104 cm³/mol. The Morgan fingerprint density at radius 1 is 1.00 bits per heavy atom. The quantitative estimate of drug-likeness (QED) is 0.463. The van der Waals surface area contributed by atoms with Gasteiger partial charge >= 0.3 is 6.09 Å². The molecule has 1 aromatic rings. The average Bonchev–Trinajstić information content (AvgIpc) is 3.01. The van der Waals surface area contributed by atoms with E-state index in [0.717, 1.165) is 18.4 Å². The van der Waals surface area contributed by atoms with Crippen molar-refractivity contribution in [3.05, 3.63) is 35.9 Å². The summed E-state index contributed by atoms with van der Waals surface area (Å²) in [6, 6.07) is 9.78. The number of imide groups is 1. The molecule has 4 heteroatoms. The summed E-state index contributed by atoms with van der Waals surface area (Å²) in [4.78, 5) is 25.8. The SMILES string of the molecule is CCCCCCCCCCCC(=O)N1C(=O)OC[C@@H]1Cc1ccccc1. The monoisotopic (exact) mass is 359 g/mol. The number of cyclic esters (lactones) is 1. The van der Waals surface area contributed by atoms with Crippen molar-refractivity contribution in [3.63, 3.8) is 0 Å². The fourth-order valence-corrected chi connectivity index (χ4v) is 3.51. The van der Waals surface area contributed by atoms with Crippen molar-refractivity contribution in [1.29, 1.82) is 0 Å². The number of amides is 2. The van der Waals surface area contributed by atoms with E-state index in [1.165, 1.54) is 49.8 Å². The van der Waals surface area contributed by atoms with Crippen LogP contribution in [0.5, 0.6) is 0 Å². The van der Waals surface area contributed by atoms with Crippen molar-refractivity contribution in [2.75, 3.05) is 6.61 Å². The number of carbonyl (C=O) groups is 2. The predicted octanol–water partition coefficient (Wildman–Crippen LogP) is 5.50. The third-order valence-electron chi connectivity index (χ3n) is 5.04. The number of carbonyl (C=O) groups excluding carboxylic acids is 2. The molecule has 0 bridgehead atoms. The molecule has 0 spiro atoms. The number of nitrogens with zero attached hydrogens (tertiary/aromatic N) is 1. The molecule has 144 valence electrons. The van der Waals surface area contributed by atoms with Gasteiger partial charge in [-0.15, -0.1) is 0 Å². The van der Waals surface area contributed by atoms with Gasteiger partial charge in [0.05, 0.1) is 6.04 Å². The third-order valence-corrected chi connectivity index (χ3v) is 5.04. The van der Waals surface area contributed by atoms with Gasteiger partial charge in [-0.05, 0) is 18.4 Å². The minimum Gasteiger partial charge on any atom is -0.447 e. The van der Waals surface area contributed by atoms with Crippen LogP contribution in [0.3, 0.4) is 0 Å². The molecular formula is C22H33NO3. The molecule has 0 aromatic heterocycles. The maximum Gasteiger partial charge on any atom is 0.416 e. The summed E-state index contributed by atoms with van der Waals surface area (Å²) >= 11 is 0. The second-order valence-electron chi connectivity index (χ2n) is 7.26. The molecule has 2 amide bonds. The van der Waals surface area contributed by atoms with Gasteiger partial charge < -0.3 is 4.74 Å². The molecule has 0 radical (unpaired) electrons. The summed E-state index contributed by atoms with van der Waals surface area (Å²) < 4.78 is 5.13. The van der Waals surface area contributed by atoms with Crippen molar-refractivity contribution in [2.45, 2.75) is 83.6 Å². The molecule has 0 saturated carbocycles. The van der Waals surface area contributed by atoms with Gasteiger partial charge in [0, 0.05) is 6.42 Å². The lowest BCUT2D eigenvalue weighted by molar-refractivity contribution is -0.129. The molecule has 1 saturated heterocycles. The minimum atomic E-state index is -0.480. The summed E-state index contributed by atoms with van der Waals surface area (Å²) in [5.74, 6) is -0.0867. The summed E-state index contributed by atoms with van der Waals surface area (Å²) in [5, 5.41) is 0. The van der Waals surface area contributed by atoms with Crippen LogP contribution in [0.4, 0.5) is 4.79 Å². The molecule has 1 aromatic carbocycles. The molecular weight excluding hydrogens is 326 g/mol. The fraction of sp³-hybridized carbons (Fsp3) is 0.636. The highest BCUT2D eigenvalue weighted by Crippen LogP contribution is 2.19. The topological polar surface area (TPSA) is 46.6 Å². The standard InChI is InChI=1S/C22H33NO3/c1-2-3-4-5-6-7-8-9-13-16-21(24)23-20(18-26-22(23)25)17-19-14-11-10-12-15-19/h10-12,14-15,20H,2-9,13,16-18H2,1H3/t20-/m0/s1. The molecule has 0 N–H and O–H groups in total. The lowest BCUT2D eigenvalue weighted by Crippen LogP contribution is -2.40. The zero-order valence-corrected chi connectivity index (χ0v) is 16.1. The zero-order chi connectivity index (χ0) is 18.6. The Kier molecular flexibility index (Phi) is 9.22. The van der Waals surface area contributed by atoms with Gasteiger partial charge in [0.25, 0.3) is 0 Å². The molecule has 26 heavy (non-hydrogen) atoms. The largest absolute Gasteiger partial charge is 0.447 e. The first-order valence-corrected chi connectivity index (χ1v) is 10.2. The molecule has 0 aliphatic carbocycles. The maximum atomic E-state index is 12.5. The zero-order valence-electron chi connectivity index (χ0n) is 16.1. The van der Waals surface area contributed by atoms with Gasteiger partial charge in [0.2, 0.25) is 5.91 Å². The first kappa shape index (κ1) is 20.5. The number of unbranched alkanes of at least 4 members (excludes halogenated alkanes) is 8. The summed E-state index contributed by atoms with van der Waals surface area (Å²) in [6.45, 7) is 2.54. The number of rotatable bonds is 12. The first-order valence-electron chi connectivity index (χ1n) is 10.2. The van der Waals surface area contributed by atoms with E-state index in [1.54, 1.807) is 0 Å². The van der Waals surface area contributed by atoms with E-state index in [9.17, 15) is 9.59 Å². The van der Waals surface area contributed by atoms with Gasteiger partial charge in [-0.2, -0.15) is 0 Å². The normalized spacial score (nSPS) is 16.7. The van der Waals surface area contributed by atoms with Crippen molar-refractivity contribution >= 4 is 12.0 Å². The molecule has 1 heterocycles. The smallest absolute Gasteiger partial charge is 0.416 e. The van der Waals surface area contributed by atoms with Crippen LogP contribution in [0.1, 0.15) is 76.7 Å². The van der Waals surface area contributed by atoms with E-state index in [0.29, 0.717) is 19.4 Å². The second kappa shape index (κ2) is 11.7. The van der Waals surface area contributed by atoms with Gasteiger partial charge in [-0.25, -0.2) is 9.69 Å². The Morgan fingerprint density at radius 3 is 2.27 bits per heavy atom. The summed E-state index contributed by atoms with van der Waals surface area (Å²) in [6.07, 6.45) is 11.6. The van der Waals surface area contributed by atoms with Crippen LogP contribution in [0.25, 0.3) is 0 Å². The highest BCUT2D eigenvalue weighted by Gasteiger charge is 2.37. The van der Waals surface area contributed by atoms with Gasteiger partial charge in [-0.1, -0.05) is 88.6 Å². The van der Waals surface area contributed by atoms with Crippen molar-refractivity contribution in [3.8, 4) is 0 Å². The molecule has 0 unspecified atom stereocenters. The van der Waals surface area contributed by atoms with E-state index in [1.807, 2.05) is 30.3 Å². The van der Waals surface area contributed by atoms with E-state index in [-0.39, 0.29) is 11.9 Å². The van der Waals surface area contributed by atoms with Gasteiger partial charge in [0.1, 0.15) is 6.61 Å². The van der Waals surface area contributed by atoms with E-state index < -0.39 is 6.09 Å². The van der Waals surface area contributed by atoms with Crippen LogP contribution >= 0.6 is 0 Å². The lowest BCUT2D eigenvalue weighted by Gasteiger charge is -2.19. The van der Waals surface area contributed by atoms with E-state index >= 15 is 0 Å². The molecule has 1 aliphatic heterocycles. The van der Waals surface area contributed by atoms with Crippen molar-refractivity contribution in [1.82, 2.24) is 4.90 Å². The molecule has 1 atom stereocenters. The van der Waals surface area contributed by atoms with Crippen LogP contribution in [-0.4, -0.2) is 29.5 Å². The van der Waals surface area contributed by atoms with Crippen LogP contribution in [0.2, 0.25) is 0 Å². The number of hydrogen-bond donors (Lipinski definition) is 0. The number of hydrogen-bond acceptors (Lipinski definition) is 3. The van der Waals surface area contributed by atoms with E-state index in [4.69, 9.17) is 4.74 Å². The third kappa shape index (κ3) is 6.81. The Balaban J connectivity index is 1.66. The van der Waals surface area contributed by atoms with E-state index in [2.05, 4.69) is 6.92 Å². The summed E-state index contributed by atoms with van der Waals surface area (Å²) in [5.41, 5.74) is 1.12. The Bertz CT molecular complexity index is 544. The van der Waals surface area contributed by atoms with Gasteiger partial charge in [-0.3, -0.25) is 4.79 Å². The van der Waals surface area contributed by atoms with Crippen LogP contribution in [0, 0.1) is 0 Å². The highest BCUT2D eigenvalue weighted by atomic mass is 16.6. The molecule has 4 nitrogen and oxygen atoms in total.